The van der Waals surface area contributed by atoms with E-state index in [1.807, 2.05) is 0 Å². The summed E-state index contributed by atoms with van der Waals surface area (Å²) in [7, 11) is 0. The van der Waals surface area contributed by atoms with Gasteiger partial charge >= 0.3 is 0 Å². The van der Waals surface area contributed by atoms with Gasteiger partial charge in [0, 0.05) is 92.9 Å². The maximum Gasteiger partial charge on any atom is 0.157 e. The summed E-state index contributed by atoms with van der Waals surface area (Å²) in [6, 6.07) is 20.7. The molecule has 0 aromatic heterocycles. The summed E-state index contributed by atoms with van der Waals surface area (Å²) in [5.74, 6) is -27.3. The lowest BCUT2D eigenvalue weighted by atomic mass is 9.71. The zero-order valence-electron chi connectivity index (χ0n) is 53.6. The van der Waals surface area contributed by atoms with Crippen molar-refractivity contribution in [2.24, 2.45) is 0 Å². The van der Waals surface area contributed by atoms with Crippen LogP contribution in [0.5, 0.6) is 144 Å². The molecule has 0 amide bonds. The van der Waals surface area contributed by atoms with Crippen LogP contribution in [0.1, 0.15) is 132 Å². The number of phenolic OH excluding ortho intramolecular Hbond substituents is 20. The average molecular weight is 1440 g/mol. The zero-order chi connectivity index (χ0) is 74.7. The summed E-state index contributed by atoms with van der Waals surface area (Å²) >= 11 is 0. The highest BCUT2D eigenvalue weighted by Gasteiger charge is 2.55. The molecule has 5 heterocycles. The third-order valence-electron chi connectivity index (χ3n) is 20.2. The van der Waals surface area contributed by atoms with E-state index in [0.717, 1.165) is 91.0 Å². The Hall–Kier alpha value is -13.0. The van der Waals surface area contributed by atoms with Gasteiger partial charge < -0.3 is 151 Å². The van der Waals surface area contributed by atoms with E-state index in [1.54, 1.807) is 0 Å². The second-order valence-electron chi connectivity index (χ2n) is 26.3. The Kier molecular flexibility index (Phi) is 15.9. The molecule has 105 heavy (non-hydrogen) atoms. The lowest BCUT2D eigenvalue weighted by Gasteiger charge is -2.45. The third kappa shape index (κ3) is 10.7. The van der Waals surface area contributed by atoms with Gasteiger partial charge in [-0.2, -0.15) is 0 Å². The molecule has 5 aliphatic rings. The van der Waals surface area contributed by atoms with Gasteiger partial charge in [-0.15, -0.1) is 0 Å². The Labute approximate surface area is 589 Å². The van der Waals surface area contributed by atoms with Gasteiger partial charge in [-0.1, -0.05) is 30.3 Å². The standard InChI is InChI=1S/C75H62O30/c76-28-16-41(88)51-50(17-28)101-68(24-2-7-31(78)37(84)12-24)63(97)59(51)53-43(90)20-45(92)55-61(65(99)70(103-73(53)55)26-4-9-33(80)39(86)14-26)57-47(94)22-48(95)58-62(66(100)71(105-75(57)58)27-5-10-34(81)40(87)15-27)56-46(93)21-44(91)54-60(64(98)69(104-74(54)56)25-3-8-32(79)38(85)13-25)52-42(89)19-35(82)29-18-49(96)67(102-72(29)52)23-1-6-30(77)36(83)11-23/h1-17,19-22,49,59-71,76-100H,18H2/t49-,59+,60-,61+,62-,63+,64+,65+,66+,67+,68+,69+,70+,71+/m0/s1. The van der Waals surface area contributed by atoms with Crippen molar-refractivity contribution in [3.05, 3.63) is 205 Å². The first kappa shape index (κ1) is 67.8. The van der Waals surface area contributed by atoms with Crippen LogP contribution in [0.25, 0.3) is 0 Å². The van der Waals surface area contributed by atoms with E-state index in [0.29, 0.717) is 18.2 Å². The SMILES string of the molecule is Oc1cc(O)c2c(c1)O[C@H](c1ccc(O)c(O)c1)[C@H](O)[C@H]2c1c(O)cc(O)c2c1O[C@H](c1ccc(O)c(O)c1)[C@H](O)[C@H]2c1c(O)cc(O)c2c1O[C@H](c1ccc(O)c(O)c1)[C@H](O)[C@H]2c1c(O)cc(O)c2c1O[C@H](c1ccc(O)c(O)c1)[C@H](O)[C@H]2c1c(O)cc(O)c2c1O[C@H](c1ccc(O)c(O)c1)[C@@H](O)C2. The summed E-state index contributed by atoms with van der Waals surface area (Å²) in [6.07, 6.45) is -19.9. The molecular weight excluding hydrogens is 1380 g/mol. The van der Waals surface area contributed by atoms with E-state index in [9.17, 15) is 128 Å². The molecule has 0 radical (unpaired) electrons. The van der Waals surface area contributed by atoms with Crippen molar-refractivity contribution in [1.82, 2.24) is 0 Å². The number of phenols is 20. The van der Waals surface area contributed by atoms with Crippen molar-refractivity contribution in [3.8, 4) is 144 Å². The van der Waals surface area contributed by atoms with Crippen molar-refractivity contribution in [2.45, 2.75) is 91.1 Å². The number of aliphatic hydroxyl groups is 5. The molecule has 0 fully saturated rings. The van der Waals surface area contributed by atoms with Crippen LogP contribution < -0.4 is 23.7 Å². The fourth-order valence-corrected chi connectivity index (χ4v) is 15.4. The number of fused-ring (bicyclic) bond motifs is 5. The van der Waals surface area contributed by atoms with E-state index in [1.165, 1.54) is 18.2 Å². The summed E-state index contributed by atoms with van der Waals surface area (Å²) in [5.41, 5.74) is -5.67. The number of ether oxygens (including phenoxy) is 5. The maximum absolute atomic E-state index is 13.4. The monoisotopic (exact) mass is 1440 g/mol. The van der Waals surface area contributed by atoms with Crippen molar-refractivity contribution < 1.29 is 151 Å². The number of aromatic hydroxyl groups is 20. The lowest BCUT2D eigenvalue weighted by molar-refractivity contribution is -0.0101. The minimum Gasteiger partial charge on any atom is -0.508 e. The highest BCUT2D eigenvalue weighted by Crippen LogP contribution is 2.67. The minimum atomic E-state index is -2.31. The number of rotatable bonds is 9. The number of benzene rings is 10. The van der Waals surface area contributed by atoms with E-state index < -0.39 is 268 Å². The van der Waals surface area contributed by atoms with Crippen LogP contribution in [-0.2, 0) is 6.42 Å². The maximum atomic E-state index is 13.4. The van der Waals surface area contributed by atoms with Gasteiger partial charge in [-0.3, -0.25) is 0 Å². The minimum absolute atomic E-state index is 0.0287. The third-order valence-corrected chi connectivity index (χ3v) is 20.2. The van der Waals surface area contributed by atoms with Gasteiger partial charge in [0.15, 0.2) is 81.9 Å². The average Bonchev–Trinajstić information content (AvgIpc) is 0.718. The molecular formula is C75H62O30. The molecule has 14 atom stereocenters. The second-order valence-corrected chi connectivity index (χ2v) is 26.3. The van der Waals surface area contributed by atoms with Gasteiger partial charge in [0.05, 0.1) is 29.8 Å². The molecule has 5 aliphatic heterocycles. The van der Waals surface area contributed by atoms with E-state index in [4.69, 9.17) is 23.7 Å². The first-order valence-electron chi connectivity index (χ1n) is 32.1. The summed E-state index contributed by atoms with van der Waals surface area (Å²) in [5, 5.41) is 294. The smallest absolute Gasteiger partial charge is 0.157 e. The van der Waals surface area contributed by atoms with Gasteiger partial charge in [-0.05, 0) is 88.5 Å². The molecule has 542 valence electrons. The molecule has 30 heteroatoms. The lowest BCUT2D eigenvalue weighted by Crippen LogP contribution is -2.40. The molecule has 30 nitrogen and oxygen atoms in total. The molecule has 25 N–H and O–H groups in total. The largest absolute Gasteiger partial charge is 0.508 e. The summed E-state index contributed by atoms with van der Waals surface area (Å²) in [6.45, 7) is 0. The molecule has 15 rings (SSSR count). The fraction of sp³-hybridized carbons (Fsp3) is 0.200. The first-order chi connectivity index (χ1) is 49.9. The summed E-state index contributed by atoms with van der Waals surface area (Å²) in [4.78, 5) is 0. The Bertz CT molecular complexity index is 5270. The van der Waals surface area contributed by atoms with Gasteiger partial charge in [0.1, 0.15) is 117 Å². The van der Waals surface area contributed by atoms with Crippen LogP contribution in [-0.4, -0.2) is 158 Å². The van der Waals surface area contributed by atoms with Crippen molar-refractivity contribution in [1.29, 1.82) is 0 Å². The summed E-state index contributed by atoms with van der Waals surface area (Å²) < 4.78 is 32.8. The fourth-order valence-electron chi connectivity index (χ4n) is 15.4. The van der Waals surface area contributed by atoms with Crippen LogP contribution in [0.15, 0.2) is 127 Å². The highest BCUT2D eigenvalue weighted by molar-refractivity contribution is 5.75. The van der Waals surface area contributed by atoms with Gasteiger partial charge in [0.25, 0.3) is 0 Å². The van der Waals surface area contributed by atoms with Crippen LogP contribution in [0.3, 0.4) is 0 Å². The normalized spacial score (nSPS) is 24.2. The van der Waals surface area contributed by atoms with Gasteiger partial charge in [-0.25, -0.2) is 0 Å². The Morgan fingerprint density at radius 2 is 0.467 bits per heavy atom. The van der Waals surface area contributed by atoms with E-state index in [2.05, 4.69) is 0 Å². The van der Waals surface area contributed by atoms with Crippen molar-refractivity contribution in [3.63, 3.8) is 0 Å². The van der Waals surface area contributed by atoms with Crippen LogP contribution in [0.4, 0.5) is 0 Å². The van der Waals surface area contributed by atoms with Crippen LogP contribution in [0.2, 0.25) is 0 Å². The molecule has 0 spiro atoms. The topological polar surface area (TPSA) is 552 Å². The van der Waals surface area contributed by atoms with Gasteiger partial charge in [0.2, 0.25) is 0 Å². The van der Waals surface area contributed by atoms with E-state index in [-0.39, 0.29) is 44.7 Å². The molecule has 10 aromatic carbocycles. The molecule has 0 bridgehead atoms. The highest BCUT2D eigenvalue weighted by atomic mass is 16.5. The quantitative estimate of drug-likeness (QED) is 0.0628. The van der Waals surface area contributed by atoms with Crippen LogP contribution in [0, 0.1) is 0 Å². The molecule has 0 saturated carbocycles. The predicted octanol–water partition coefficient (Wildman–Crippen LogP) is 7.34. The Morgan fingerprint density at radius 1 is 0.219 bits per heavy atom. The molecule has 0 saturated heterocycles. The molecule has 10 aromatic rings. The number of hydrogen-bond donors (Lipinski definition) is 25. The Balaban J connectivity index is 1.00. The second kappa shape index (κ2) is 24.6. The first-order valence-corrected chi connectivity index (χ1v) is 32.1. The Morgan fingerprint density at radius 3 is 0.771 bits per heavy atom. The van der Waals surface area contributed by atoms with E-state index >= 15 is 0 Å². The molecule has 0 aliphatic carbocycles. The van der Waals surface area contributed by atoms with Crippen molar-refractivity contribution >= 4 is 0 Å². The van der Waals surface area contributed by atoms with Crippen LogP contribution >= 0.6 is 0 Å². The molecule has 0 unspecified atom stereocenters. The number of aliphatic hydroxyl groups excluding tert-OH is 5. The zero-order valence-corrected chi connectivity index (χ0v) is 53.6. The predicted molar refractivity (Wildman–Crippen MR) is 356 cm³/mol. The van der Waals surface area contributed by atoms with Crippen molar-refractivity contribution in [2.75, 3.05) is 0 Å². The number of hydrogen-bond acceptors (Lipinski definition) is 30.